The zero-order valence-electron chi connectivity index (χ0n) is 16.3. The minimum absolute atomic E-state index is 0.0726. The number of carbonyl (C=O) groups excluding carboxylic acids is 1. The molecule has 0 saturated carbocycles. The molecular formula is C22H23N5O. The fourth-order valence-electron chi connectivity index (χ4n) is 3.55. The second-order valence-corrected chi connectivity index (χ2v) is 7.01. The summed E-state index contributed by atoms with van der Waals surface area (Å²) in [7, 11) is 0. The van der Waals surface area contributed by atoms with Gasteiger partial charge >= 0.3 is 0 Å². The lowest BCUT2D eigenvalue weighted by Crippen LogP contribution is -2.31. The molecule has 4 rings (SSSR count). The summed E-state index contributed by atoms with van der Waals surface area (Å²) in [5.41, 5.74) is 4.01. The summed E-state index contributed by atoms with van der Waals surface area (Å²) in [4.78, 5) is 12.4. The fourth-order valence-corrected chi connectivity index (χ4v) is 3.55. The highest BCUT2D eigenvalue weighted by Gasteiger charge is 2.17. The Kier molecular flexibility index (Phi) is 4.69. The molecule has 1 N–H and O–H groups in total. The van der Waals surface area contributed by atoms with Crippen LogP contribution in [0.1, 0.15) is 29.9 Å². The van der Waals surface area contributed by atoms with E-state index in [0.717, 1.165) is 28.0 Å². The zero-order valence-corrected chi connectivity index (χ0v) is 16.3. The molecule has 6 heteroatoms. The number of carbonyl (C=O) groups is 1. The van der Waals surface area contributed by atoms with E-state index < -0.39 is 0 Å². The van der Waals surface area contributed by atoms with Gasteiger partial charge in [-0.3, -0.25) is 9.48 Å². The quantitative estimate of drug-likeness (QED) is 0.580. The summed E-state index contributed by atoms with van der Waals surface area (Å²) >= 11 is 0. The zero-order chi connectivity index (χ0) is 19.7. The number of benzene rings is 2. The first kappa shape index (κ1) is 18.0. The molecular weight excluding hydrogens is 350 g/mol. The first-order chi connectivity index (χ1) is 13.5. The third kappa shape index (κ3) is 3.29. The van der Waals surface area contributed by atoms with Gasteiger partial charge in [0.1, 0.15) is 6.54 Å². The number of nitrogens with zero attached hydrogens (tertiary/aromatic N) is 4. The molecule has 1 amide bonds. The highest BCUT2D eigenvalue weighted by Crippen LogP contribution is 2.25. The van der Waals surface area contributed by atoms with Gasteiger partial charge in [0, 0.05) is 28.5 Å². The van der Waals surface area contributed by atoms with Crippen LogP contribution in [0.5, 0.6) is 0 Å². The van der Waals surface area contributed by atoms with Crippen LogP contribution in [0.2, 0.25) is 0 Å². The van der Waals surface area contributed by atoms with Gasteiger partial charge in [0.05, 0.1) is 17.9 Å². The number of hydrogen-bond acceptors (Lipinski definition) is 3. The van der Waals surface area contributed by atoms with E-state index in [1.54, 1.807) is 10.9 Å². The van der Waals surface area contributed by atoms with Crippen molar-refractivity contribution in [3.8, 4) is 5.69 Å². The van der Waals surface area contributed by atoms with Crippen LogP contribution in [0.4, 0.5) is 0 Å². The maximum atomic E-state index is 12.4. The Labute approximate surface area is 163 Å². The Morgan fingerprint density at radius 2 is 1.86 bits per heavy atom. The van der Waals surface area contributed by atoms with Gasteiger partial charge < -0.3 is 5.32 Å². The van der Waals surface area contributed by atoms with Crippen LogP contribution in [-0.4, -0.2) is 25.5 Å². The van der Waals surface area contributed by atoms with E-state index >= 15 is 0 Å². The summed E-state index contributed by atoms with van der Waals surface area (Å²) in [6.45, 7) is 6.15. The average molecular weight is 373 g/mol. The van der Waals surface area contributed by atoms with Crippen molar-refractivity contribution < 1.29 is 4.79 Å². The van der Waals surface area contributed by atoms with E-state index in [1.807, 2.05) is 55.9 Å². The van der Waals surface area contributed by atoms with Gasteiger partial charge in [-0.15, -0.1) is 0 Å². The highest BCUT2D eigenvalue weighted by molar-refractivity contribution is 5.90. The molecule has 0 fully saturated rings. The van der Waals surface area contributed by atoms with Crippen molar-refractivity contribution in [2.45, 2.75) is 33.4 Å². The summed E-state index contributed by atoms with van der Waals surface area (Å²) in [6.07, 6.45) is 3.53. The molecule has 2 heterocycles. The van der Waals surface area contributed by atoms with Crippen molar-refractivity contribution in [1.29, 1.82) is 0 Å². The third-order valence-electron chi connectivity index (χ3n) is 5.11. The first-order valence-electron chi connectivity index (χ1n) is 9.35. The lowest BCUT2D eigenvalue weighted by Gasteiger charge is -2.15. The largest absolute Gasteiger partial charge is 0.348 e. The smallest absolute Gasteiger partial charge is 0.242 e. The molecule has 2 aromatic carbocycles. The van der Waals surface area contributed by atoms with Gasteiger partial charge in [0.2, 0.25) is 5.91 Å². The molecule has 0 aliphatic heterocycles. The molecule has 0 aliphatic carbocycles. The Morgan fingerprint density at radius 3 is 2.64 bits per heavy atom. The summed E-state index contributed by atoms with van der Waals surface area (Å²) in [5, 5.41) is 14.1. The molecule has 28 heavy (non-hydrogen) atoms. The summed E-state index contributed by atoms with van der Waals surface area (Å²) < 4.78 is 3.63. The van der Waals surface area contributed by atoms with Crippen molar-refractivity contribution in [2.24, 2.45) is 0 Å². The third-order valence-corrected chi connectivity index (χ3v) is 5.11. The first-order valence-corrected chi connectivity index (χ1v) is 9.35. The molecule has 0 aliphatic rings. The van der Waals surface area contributed by atoms with Gasteiger partial charge in [-0.05, 0) is 38.3 Å². The monoisotopic (exact) mass is 373 g/mol. The minimum Gasteiger partial charge on any atom is -0.348 e. The van der Waals surface area contributed by atoms with E-state index in [-0.39, 0.29) is 18.5 Å². The normalized spacial score (nSPS) is 12.2. The van der Waals surface area contributed by atoms with Crippen molar-refractivity contribution in [3.05, 3.63) is 77.9 Å². The maximum Gasteiger partial charge on any atom is 0.242 e. The van der Waals surface area contributed by atoms with Gasteiger partial charge in [0.25, 0.3) is 0 Å². The van der Waals surface area contributed by atoms with E-state index in [0.29, 0.717) is 0 Å². The van der Waals surface area contributed by atoms with Crippen LogP contribution in [0, 0.1) is 13.8 Å². The number of fused-ring (bicyclic) bond motifs is 1. The van der Waals surface area contributed by atoms with Gasteiger partial charge in [-0.2, -0.15) is 10.2 Å². The van der Waals surface area contributed by atoms with E-state index in [1.165, 1.54) is 5.39 Å². The molecule has 0 saturated heterocycles. The van der Waals surface area contributed by atoms with Crippen LogP contribution in [0.15, 0.2) is 60.9 Å². The highest BCUT2D eigenvalue weighted by atomic mass is 16.2. The molecule has 6 nitrogen and oxygen atoms in total. The number of amides is 1. The van der Waals surface area contributed by atoms with Crippen molar-refractivity contribution in [1.82, 2.24) is 24.9 Å². The van der Waals surface area contributed by atoms with Crippen LogP contribution in [-0.2, 0) is 11.3 Å². The fraction of sp³-hybridized carbons (Fsp3) is 0.227. The molecule has 1 atom stereocenters. The lowest BCUT2D eigenvalue weighted by atomic mass is 10.1. The summed E-state index contributed by atoms with van der Waals surface area (Å²) in [5.74, 6) is -0.0726. The average Bonchev–Trinajstić information content (AvgIpc) is 3.27. The number of aryl methyl sites for hydroxylation is 1. The Morgan fingerprint density at radius 1 is 1.07 bits per heavy atom. The van der Waals surface area contributed by atoms with Crippen LogP contribution >= 0.6 is 0 Å². The van der Waals surface area contributed by atoms with Gasteiger partial charge in [-0.25, -0.2) is 4.68 Å². The van der Waals surface area contributed by atoms with Crippen LogP contribution in [0.25, 0.3) is 16.5 Å². The van der Waals surface area contributed by atoms with Gasteiger partial charge in [-0.1, -0.05) is 36.4 Å². The number of aromatic nitrogens is 4. The van der Waals surface area contributed by atoms with E-state index in [9.17, 15) is 4.79 Å². The second-order valence-electron chi connectivity index (χ2n) is 7.01. The van der Waals surface area contributed by atoms with Crippen LogP contribution in [0.3, 0.4) is 0 Å². The minimum atomic E-state index is -0.146. The maximum absolute atomic E-state index is 12.4. The number of rotatable bonds is 5. The molecule has 0 unspecified atom stereocenters. The summed E-state index contributed by atoms with van der Waals surface area (Å²) in [6, 6.07) is 16.2. The van der Waals surface area contributed by atoms with Crippen molar-refractivity contribution in [3.63, 3.8) is 0 Å². The molecule has 4 aromatic rings. The molecule has 0 spiro atoms. The lowest BCUT2D eigenvalue weighted by molar-refractivity contribution is -0.122. The number of nitrogens with one attached hydrogen (secondary N) is 1. The second kappa shape index (κ2) is 7.31. The van der Waals surface area contributed by atoms with Crippen LogP contribution < -0.4 is 5.32 Å². The van der Waals surface area contributed by atoms with Gasteiger partial charge in [0.15, 0.2) is 0 Å². The molecule has 142 valence electrons. The Bertz CT molecular complexity index is 1140. The number of hydrogen-bond donors (Lipinski definition) is 1. The predicted molar refractivity (Wildman–Crippen MR) is 109 cm³/mol. The molecule has 0 bridgehead atoms. The topological polar surface area (TPSA) is 64.7 Å². The molecule has 0 radical (unpaired) electrons. The standard InChI is InChI=1S/C22H23N5O/c1-15-11-12-23-26(15)14-22(28)25-16(2)20-13-24-27(17(20)3)21-10-6-8-18-7-4-5-9-19(18)21/h4-13,16H,14H2,1-3H3,(H,25,28)/t16-/m0/s1. The predicted octanol–water partition coefficient (Wildman–Crippen LogP) is 3.72. The Balaban J connectivity index is 1.58. The Hall–Kier alpha value is -3.41. The van der Waals surface area contributed by atoms with Crippen molar-refractivity contribution >= 4 is 16.7 Å². The molecule has 2 aromatic heterocycles. The van der Waals surface area contributed by atoms with E-state index in [2.05, 4.69) is 39.8 Å². The SMILES string of the molecule is Cc1ccnn1CC(=O)N[C@@H](C)c1cnn(-c2cccc3ccccc23)c1C. The van der Waals surface area contributed by atoms with Crippen molar-refractivity contribution in [2.75, 3.05) is 0 Å². The van der Waals surface area contributed by atoms with E-state index in [4.69, 9.17) is 0 Å².